The molecular weight excluding hydrogens is 362 g/mol. The van der Waals surface area contributed by atoms with E-state index in [-0.39, 0.29) is 18.1 Å². The first-order valence-corrected chi connectivity index (χ1v) is 5.77. The molecule has 0 aliphatic heterocycles. The molecule has 0 unspecified atom stereocenters. The number of hydrogen-bond donors (Lipinski definition) is 2. The number of halogens is 2. The van der Waals surface area contributed by atoms with Crippen molar-refractivity contribution in [1.29, 1.82) is 0 Å². The average Bonchev–Trinajstić information content (AvgIpc) is 2.27. The van der Waals surface area contributed by atoms with Crippen LogP contribution in [0.15, 0.2) is 26.2 Å². The molecular formula is C8H7Br2N3O4. The number of ether oxygens (including phenoxy) is 1. The fraction of sp³-hybridized carbons (Fsp3) is 0.125. The van der Waals surface area contributed by atoms with Gasteiger partial charge in [0.15, 0.2) is 5.84 Å². The third kappa shape index (κ3) is 3.56. The van der Waals surface area contributed by atoms with Gasteiger partial charge < -0.3 is 15.7 Å². The van der Waals surface area contributed by atoms with Crippen LogP contribution in [0.2, 0.25) is 0 Å². The summed E-state index contributed by atoms with van der Waals surface area (Å²) in [5, 5.41) is 21.7. The van der Waals surface area contributed by atoms with Crippen molar-refractivity contribution in [3.63, 3.8) is 0 Å². The topological polar surface area (TPSA) is 111 Å². The fourth-order valence-corrected chi connectivity index (χ4v) is 2.36. The van der Waals surface area contributed by atoms with E-state index in [1.807, 2.05) is 0 Å². The zero-order chi connectivity index (χ0) is 13.0. The molecule has 7 nitrogen and oxygen atoms in total. The van der Waals surface area contributed by atoms with Crippen molar-refractivity contribution in [2.45, 2.75) is 0 Å². The lowest BCUT2D eigenvalue weighted by Crippen LogP contribution is -2.21. The standard InChI is InChI=1S/C8H7Br2N3O4/c9-5-1-4(13(15)16)2-6(10)8(5)17-3-7(11)12-14/h1-2,14H,3H2,(H2,11,12). The van der Waals surface area contributed by atoms with Crippen LogP contribution in [-0.4, -0.2) is 22.6 Å². The highest BCUT2D eigenvalue weighted by atomic mass is 79.9. The summed E-state index contributed by atoms with van der Waals surface area (Å²) in [6, 6.07) is 2.60. The van der Waals surface area contributed by atoms with Gasteiger partial charge in [-0.25, -0.2) is 0 Å². The first-order valence-electron chi connectivity index (χ1n) is 4.18. The lowest BCUT2D eigenvalue weighted by atomic mass is 10.3. The van der Waals surface area contributed by atoms with Crippen molar-refractivity contribution < 1.29 is 14.9 Å². The number of nitro groups is 1. The zero-order valence-electron chi connectivity index (χ0n) is 8.26. The van der Waals surface area contributed by atoms with E-state index in [9.17, 15) is 10.1 Å². The molecule has 1 aromatic rings. The van der Waals surface area contributed by atoms with E-state index < -0.39 is 4.92 Å². The summed E-state index contributed by atoms with van der Waals surface area (Å²) in [6.07, 6.45) is 0. The Morgan fingerprint density at radius 2 is 2.06 bits per heavy atom. The maximum absolute atomic E-state index is 10.6. The molecule has 0 aliphatic carbocycles. The van der Waals surface area contributed by atoms with E-state index >= 15 is 0 Å². The molecule has 0 saturated heterocycles. The number of benzene rings is 1. The molecule has 3 N–H and O–H groups in total. The Hall–Kier alpha value is -1.35. The Bertz CT molecular complexity index is 455. The molecule has 1 aromatic carbocycles. The van der Waals surface area contributed by atoms with Crippen molar-refractivity contribution in [3.05, 3.63) is 31.2 Å². The number of nitrogens with zero attached hydrogens (tertiary/aromatic N) is 2. The minimum absolute atomic E-state index is 0.0834. The summed E-state index contributed by atoms with van der Waals surface area (Å²) in [7, 11) is 0. The minimum Gasteiger partial charge on any atom is -0.483 e. The first-order chi connectivity index (χ1) is 7.95. The summed E-state index contributed by atoms with van der Waals surface area (Å²) in [5.74, 6) is 0.226. The Labute approximate surface area is 113 Å². The molecule has 9 heteroatoms. The van der Waals surface area contributed by atoms with Crippen LogP contribution >= 0.6 is 31.9 Å². The lowest BCUT2D eigenvalue weighted by molar-refractivity contribution is -0.385. The summed E-state index contributed by atoms with van der Waals surface area (Å²) in [6.45, 7) is -0.133. The highest BCUT2D eigenvalue weighted by Crippen LogP contribution is 2.37. The highest BCUT2D eigenvalue weighted by Gasteiger charge is 2.15. The molecule has 0 aliphatic rings. The van der Waals surface area contributed by atoms with Crippen LogP contribution < -0.4 is 10.5 Å². The number of oxime groups is 1. The predicted molar refractivity (Wildman–Crippen MR) is 67.4 cm³/mol. The van der Waals surface area contributed by atoms with Crippen molar-refractivity contribution in [2.24, 2.45) is 10.9 Å². The smallest absolute Gasteiger partial charge is 0.271 e. The quantitative estimate of drug-likeness (QED) is 0.278. The van der Waals surface area contributed by atoms with E-state index in [2.05, 4.69) is 37.0 Å². The second-order valence-electron chi connectivity index (χ2n) is 2.88. The van der Waals surface area contributed by atoms with Gasteiger partial charge in [-0.15, -0.1) is 0 Å². The van der Waals surface area contributed by atoms with Gasteiger partial charge >= 0.3 is 0 Å². The zero-order valence-corrected chi connectivity index (χ0v) is 11.4. The molecule has 0 bridgehead atoms. The highest BCUT2D eigenvalue weighted by molar-refractivity contribution is 9.11. The van der Waals surface area contributed by atoms with Gasteiger partial charge in [0.05, 0.1) is 13.9 Å². The van der Waals surface area contributed by atoms with Crippen molar-refractivity contribution >= 4 is 43.4 Å². The Morgan fingerprint density at radius 3 is 2.47 bits per heavy atom. The SMILES string of the molecule is NC(COc1c(Br)cc([N+](=O)[O-])cc1Br)=NO. The lowest BCUT2D eigenvalue weighted by Gasteiger charge is -2.09. The van der Waals surface area contributed by atoms with Gasteiger partial charge in [0.2, 0.25) is 0 Å². The summed E-state index contributed by atoms with van der Waals surface area (Å²) >= 11 is 6.27. The van der Waals surface area contributed by atoms with Crippen LogP contribution in [0.25, 0.3) is 0 Å². The summed E-state index contributed by atoms with van der Waals surface area (Å²) < 4.78 is 6.01. The number of non-ortho nitro benzene ring substituents is 1. The number of hydrogen-bond acceptors (Lipinski definition) is 5. The number of nitro benzene ring substituents is 1. The van der Waals surface area contributed by atoms with Crippen molar-refractivity contribution in [1.82, 2.24) is 0 Å². The minimum atomic E-state index is -0.525. The van der Waals surface area contributed by atoms with Gasteiger partial charge in [-0.05, 0) is 31.9 Å². The second kappa shape index (κ2) is 5.82. The van der Waals surface area contributed by atoms with Crippen LogP contribution in [0.1, 0.15) is 0 Å². The van der Waals surface area contributed by atoms with Crippen LogP contribution in [0.5, 0.6) is 5.75 Å². The molecule has 0 saturated carbocycles. The average molecular weight is 369 g/mol. The summed E-state index contributed by atoms with van der Waals surface area (Å²) in [5.41, 5.74) is 5.15. The maximum Gasteiger partial charge on any atom is 0.271 e. The number of amidine groups is 1. The fourth-order valence-electron chi connectivity index (χ4n) is 0.965. The Balaban J connectivity index is 2.98. The Morgan fingerprint density at radius 1 is 1.53 bits per heavy atom. The van der Waals surface area contributed by atoms with Gasteiger partial charge in [0, 0.05) is 12.1 Å². The molecule has 0 fully saturated rings. The van der Waals surface area contributed by atoms with E-state index in [4.69, 9.17) is 15.7 Å². The van der Waals surface area contributed by atoms with Crippen LogP contribution in [0.4, 0.5) is 5.69 Å². The van der Waals surface area contributed by atoms with Crippen LogP contribution in [0, 0.1) is 10.1 Å². The van der Waals surface area contributed by atoms with Crippen LogP contribution in [-0.2, 0) is 0 Å². The number of nitrogens with two attached hydrogens (primary N) is 1. The van der Waals surface area contributed by atoms with Crippen LogP contribution in [0.3, 0.4) is 0 Å². The summed E-state index contributed by atoms with van der Waals surface area (Å²) in [4.78, 5) is 10.1. The predicted octanol–water partition coefficient (Wildman–Crippen LogP) is 2.25. The monoisotopic (exact) mass is 367 g/mol. The van der Waals surface area contributed by atoms with Gasteiger partial charge in [0.25, 0.3) is 5.69 Å². The molecule has 1 rings (SSSR count). The normalized spacial score (nSPS) is 11.3. The maximum atomic E-state index is 10.6. The second-order valence-corrected chi connectivity index (χ2v) is 4.58. The van der Waals surface area contributed by atoms with E-state index in [1.54, 1.807) is 0 Å². The van der Waals surface area contributed by atoms with E-state index in [0.717, 1.165) is 0 Å². The van der Waals surface area contributed by atoms with Gasteiger partial charge in [-0.1, -0.05) is 5.16 Å². The largest absolute Gasteiger partial charge is 0.483 e. The van der Waals surface area contributed by atoms with E-state index in [0.29, 0.717) is 14.7 Å². The molecule has 92 valence electrons. The van der Waals surface area contributed by atoms with Gasteiger partial charge in [-0.2, -0.15) is 0 Å². The molecule has 0 spiro atoms. The molecule has 17 heavy (non-hydrogen) atoms. The number of rotatable bonds is 4. The van der Waals surface area contributed by atoms with Crippen molar-refractivity contribution in [3.8, 4) is 5.75 Å². The third-order valence-corrected chi connectivity index (χ3v) is 2.86. The van der Waals surface area contributed by atoms with Gasteiger partial charge in [-0.3, -0.25) is 10.1 Å². The third-order valence-electron chi connectivity index (χ3n) is 1.69. The molecule has 0 atom stereocenters. The molecule has 0 radical (unpaired) electrons. The van der Waals surface area contributed by atoms with Crippen molar-refractivity contribution in [2.75, 3.05) is 6.61 Å². The Kier molecular flexibility index (Phi) is 4.70. The molecule has 0 aromatic heterocycles. The molecule has 0 amide bonds. The van der Waals surface area contributed by atoms with Gasteiger partial charge in [0.1, 0.15) is 12.4 Å². The molecule has 0 heterocycles. The first kappa shape index (κ1) is 13.7. The van der Waals surface area contributed by atoms with E-state index in [1.165, 1.54) is 12.1 Å².